The number of nitrogens with one attached hydrogen (secondary N) is 1. The Morgan fingerprint density at radius 1 is 1.04 bits per heavy atom. The third-order valence-corrected chi connectivity index (χ3v) is 5.15. The number of aryl methyl sites for hydroxylation is 1. The molecule has 0 aromatic heterocycles. The number of likely N-dealkylation sites (tertiary alicyclic amines) is 1. The molecule has 25 heavy (non-hydrogen) atoms. The largest absolute Gasteiger partial charge is 0.348 e. The standard InChI is InChI=1S/C22H28N2O/c1-17-11-13-24(14-12-17)16-20-9-7-19(8-10-20)15-23-22(25)21-6-4-3-5-18(21)2/h3-10,17H,11-16H2,1-2H3,(H,23,25). The fraction of sp³-hybridized carbons (Fsp3) is 0.409. The number of carbonyl (C=O) groups is 1. The molecule has 0 atom stereocenters. The van der Waals surface area contributed by atoms with Crippen LogP contribution in [-0.2, 0) is 13.1 Å². The average Bonchev–Trinajstić information content (AvgIpc) is 2.63. The van der Waals surface area contributed by atoms with E-state index in [2.05, 4.69) is 41.4 Å². The van der Waals surface area contributed by atoms with Gasteiger partial charge in [-0.2, -0.15) is 0 Å². The van der Waals surface area contributed by atoms with Gasteiger partial charge >= 0.3 is 0 Å². The Morgan fingerprint density at radius 3 is 2.36 bits per heavy atom. The molecular weight excluding hydrogens is 308 g/mol. The van der Waals surface area contributed by atoms with Gasteiger partial charge in [0.05, 0.1) is 0 Å². The van der Waals surface area contributed by atoms with Crippen LogP contribution in [0.2, 0.25) is 0 Å². The monoisotopic (exact) mass is 336 g/mol. The molecule has 1 heterocycles. The summed E-state index contributed by atoms with van der Waals surface area (Å²) >= 11 is 0. The van der Waals surface area contributed by atoms with E-state index in [1.807, 2.05) is 31.2 Å². The number of amides is 1. The van der Waals surface area contributed by atoms with Gasteiger partial charge in [0.2, 0.25) is 0 Å². The summed E-state index contributed by atoms with van der Waals surface area (Å²) in [5.74, 6) is 0.861. The smallest absolute Gasteiger partial charge is 0.251 e. The molecule has 0 spiro atoms. The van der Waals surface area contributed by atoms with Crippen molar-refractivity contribution in [2.24, 2.45) is 5.92 Å². The van der Waals surface area contributed by atoms with Crippen molar-refractivity contribution in [2.75, 3.05) is 13.1 Å². The van der Waals surface area contributed by atoms with Crippen molar-refractivity contribution in [3.8, 4) is 0 Å². The van der Waals surface area contributed by atoms with Crippen LogP contribution in [0, 0.1) is 12.8 Å². The highest BCUT2D eigenvalue weighted by Gasteiger charge is 2.15. The zero-order valence-corrected chi connectivity index (χ0v) is 15.3. The second kappa shape index (κ2) is 8.30. The summed E-state index contributed by atoms with van der Waals surface area (Å²) in [6.07, 6.45) is 2.62. The van der Waals surface area contributed by atoms with Gasteiger partial charge in [0.15, 0.2) is 0 Å². The minimum absolute atomic E-state index is 0.00962. The van der Waals surface area contributed by atoms with Crippen molar-refractivity contribution in [3.05, 3.63) is 70.8 Å². The van der Waals surface area contributed by atoms with E-state index >= 15 is 0 Å². The zero-order valence-electron chi connectivity index (χ0n) is 15.3. The van der Waals surface area contributed by atoms with E-state index in [0.717, 1.165) is 29.2 Å². The van der Waals surface area contributed by atoms with E-state index in [4.69, 9.17) is 0 Å². The lowest BCUT2D eigenvalue weighted by atomic mass is 9.99. The highest BCUT2D eigenvalue weighted by Crippen LogP contribution is 2.18. The van der Waals surface area contributed by atoms with Gasteiger partial charge in [-0.25, -0.2) is 0 Å². The Balaban J connectivity index is 1.51. The molecule has 0 aliphatic carbocycles. The summed E-state index contributed by atoms with van der Waals surface area (Å²) in [5.41, 5.74) is 4.24. The molecule has 1 aliphatic heterocycles. The van der Waals surface area contributed by atoms with E-state index in [1.54, 1.807) is 0 Å². The van der Waals surface area contributed by atoms with Gasteiger partial charge in [-0.1, -0.05) is 49.4 Å². The SMILES string of the molecule is Cc1ccccc1C(=O)NCc1ccc(CN2CCC(C)CC2)cc1. The summed E-state index contributed by atoms with van der Waals surface area (Å²) in [4.78, 5) is 14.8. The zero-order chi connectivity index (χ0) is 17.6. The second-order valence-corrected chi connectivity index (χ2v) is 7.27. The maximum Gasteiger partial charge on any atom is 0.251 e. The highest BCUT2D eigenvalue weighted by atomic mass is 16.1. The van der Waals surface area contributed by atoms with Crippen molar-refractivity contribution in [3.63, 3.8) is 0 Å². The molecule has 132 valence electrons. The molecule has 3 rings (SSSR count). The Hall–Kier alpha value is -2.13. The molecule has 1 saturated heterocycles. The second-order valence-electron chi connectivity index (χ2n) is 7.27. The summed E-state index contributed by atoms with van der Waals surface area (Å²) in [6.45, 7) is 8.31. The normalized spacial score (nSPS) is 15.9. The lowest BCUT2D eigenvalue weighted by molar-refractivity contribution is 0.0950. The van der Waals surface area contributed by atoms with Crippen molar-refractivity contribution >= 4 is 5.91 Å². The number of piperidine rings is 1. The van der Waals surface area contributed by atoms with E-state index in [-0.39, 0.29) is 5.91 Å². The van der Waals surface area contributed by atoms with Crippen LogP contribution >= 0.6 is 0 Å². The number of hydrogen-bond donors (Lipinski definition) is 1. The number of rotatable bonds is 5. The summed E-state index contributed by atoms with van der Waals surface area (Å²) in [5, 5.41) is 3.01. The van der Waals surface area contributed by atoms with Gasteiger partial charge in [-0.15, -0.1) is 0 Å². The van der Waals surface area contributed by atoms with E-state index in [0.29, 0.717) is 6.54 Å². The van der Waals surface area contributed by atoms with Crippen LogP contribution in [-0.4, -0.2) is 23.9 Å². The van der Waals surface area contributed by atoms with Gasteiger partial charge in [0.25, 0.3) is 5.91 Å². The summed E-state index contributed by atoms with van der Waals surface area (Å²) < 4.78 is 0. The minimum atomic E-state index is -0.00962. The van der Waals surface area contributed by atoms with Crippen molar-refractivity contribution in [2.45, 2.75) is 39.8 Å². The molecule has 1 aliphatic rings. The molecule has 1 N–H and O–H groups in total. The lowest BCUT2D eigenvalue weighted by Gasteiger charge is -2.30. The lowest BCUT2D eigenvalue weighted by Crippen LogP contribution is -2.32. The third kappa shape index (κ3) is 4.93. The molecule has 1 amide bonds. The van der Waals surface area contributed by atoms with Crippen LogP contribution in [0.15, 0.2) is 48.5 Å². The summed E-state index contributed by atoms with van der Waals surface area (Å²) in [7, 11) is 0. The average molecular weight is 336 g/mol. The van der Waals surface area contributed by atoms with Crippen LogP contribution in [0.1, 0.15) is 46.8 Å². The first-order valence-electron chi connectivity index (χ1n) is 9.26. The van der Waals surface area contributed by atoms with Crippen LogP contribution in [0.5, 0.6) is 0 Å². The summed E-state index contributed by atoms with van der Waals surface area (Å²) in [6, 6.07) is 16.3. The fourth-order valence-corrected chi connectivity index (χ4v) is 3.35. The third-order valence-electron chi connectivity index (χ3n) is 5.15. The minimum Gasteiger partial charge on any atom is -0.348 e. The van der Waals surface area contributed by atoms with E-state index in [9.17, 15) is 4.79 Å². The van der Waals surface area contributed by atoms with Crippen molar-refractivity contribution < 1.29 is 4.79 Å². The molecule has 2 aromatic carbocycles. The van der Waals surface area contributed by atoms with Gasteiger partial charge in [-0.3, -0.25) is 9.69 Å². The van der Waals surface area contributed by atoms with Crippen molar-refractivity contribution in [1.82, 2.24) is 10.2 Å². The maximum absolute atomic E-state index is 12.3. The first-order chi connectivity index (χ1) is 12.1. The predicted octanol–water partition coefficient (Wildman–Crippen LogP) is 4.16. The first-order valence-corrected chi connectivity index (χ1v) is 9.26. The van der Waals surface area contributed by atoms with Gasteiger partial charge in [0.1, 0.15) is 0 Å². The quantitative estimate of drug-likeness (QED) is 0.889. The van der Waals surface area contributed by atoms with E-state index in [1.165, 1.54) is 31.5 Å². The van der Waals surface area contributed by atoms with Crippen LogP contribution in [0.25, 0.3) is 0 Å². The predicted molar refractivity (Wildman–Crippen MR) is 102 cm³/mol. The van der Waals surface area contributed by atoms with Crippen LogP contribution < -0.4 is 5.32 Å². The Labute approximate surface area is 151 Å². The van der Waals surface area contributed by atoms with Crippen molar-refractivity contribution in [1.29, 1.82) is 0 Å². The van der Waals surface area contributed by atoms with Gasteiger partial charge in [-0.05, 0) is 61.5 Å². The number of carbonyl (C=O) groups excluding carboxylic acids is 1. The molecule has 0 unspecified atom stereocenters. The molecule has 0 saturated carbocycles. The Bertz CT molecular complexity index is 700. The van der Waals surface area contributed by atoms with E-state index < -0.39 is 0 Å². The Morgan fingerprint density at radius 2 is 1.68 bits per heavy atom. The molecule has 2 aromatic rings. The maximum atomic E-state index is 12.3. The van der Waals surface area contributed by atoms with Gasteiger partial charge < -0.3 is 5.32 Å². The number of nitrogens with zero attached hydrogens (tertiary/aromatic N) is 1. The number of hydrogen-bond acceptors (Lipinski definition) is 2. The van der Waals surface area contributed by atoms with Crippen LogP contribution in [0.3, 0.4) is 0 Å². The topological polar surface area (TPSA) is 32.3 Å². The first kappa shape index (κ1) is 17.7. The molecule has 3 heteroatoms. The molecule has 0 bridgehead atoms. The van der Waals surface area contributed by atoms with Crippen LogP contribution in [0.4, 0.5) is 0 Å². The molecular formula is C22H28N2O. The molecule has 1 fully saturated rings. The van der Waals surface area contributed by atoms with Gasteiger partial charge in [0, 0.05) is 18.7 Å². The molecule has 3 nitrogen and oxygen atoms in total. The Kier molecular flexibility index (Phi) is 5.87. The highest BCUT2D eigenvalue weighted by molar-refractivity contribution is 5.95. The molecule has 0 radical (unpaired) electrons. The fourth-order valence-electron chi connectivity index (χ4n) is 3.35. The number of benzene rings is 2.